The van der Waals surface area contributed by atoms with Crippen LogP contribution in [0.3, 0.4) is 0 Å². The maximum absolute atomic E-state index is 9.23. The molecule has 1 aromatic rings. The molecule has 1 rings (SSSR count). The first-order valence-corrected chi connectivity index (χ1v) is 4.23. The Morgan fingerprint density at radius 1 is 1.31 bits per heavy atom. The summed E-state index contributed by atoms with van der Waals surface area (Å²) in [5.41, 5.74) is 0.964. The summed E-state index contributed by atoms with van der Waals surface area (Å²) in [6.45, 7) is 4.64. The van der Waals surface area contributed by atoms with Gasteiger partial charge in [0.05, 0.1) is 0 Å². The lowest BCUT2D eigenvalue weighted by atomic mass is 10.2. The Kier molecular flexibility index (Phi) is 3.58. The molecule has 1 aromatic carbocycles. The van der Waals surface area contributed by atoms with Crippen LogP contribution in [0.1, 0.15) is 12.5 Å². The minimum atomic E-state index is 0.214. The van der Waals surface area contributed by atoms with E-state index in [9.17, 15) is 5.11 Å². The molecule has 72 valence electrons. The Labute approximate surface area is 77.9 Å². The van der Waals surface area contributed by atoms with Crippen LogP contribution in [-0.2, 0) is 4.74 Å². The summed E-state index contributed by atoms with van der Waals surface area (Å²) in [6.07, 6.45) is 0. The van der Waals surface area contributed by atoms with E-state index in [0.717, 1.165) is 5.56 Å². The van der Waals surface area contributed by atoms with Crippen LogP contribution in [0.5, 0.6) is 11.5 Å². The summed E-state index contributed by atoms with van der Waals surface area (Å²) in [5.74, 6) is 0.845. The third kappa shape index (κ3) is 3.34. The molecule has 1 N–H and O–H groups in total. The van der Waals surface area contributed by atoms with Crippen LogP contribution < -0.4 is 4.74 Å². The Morgan fingerprint density at radius 3 is 2.69 bits per heavy atom. The molecule has 0 spiro atoms. The molecule has 0 aliphatic rings. The Bertz CT molecular complexity index is 251. The quantitative estimate of drug-likeness (QED) is 0.572. The van der Waals surface area contributed by atoms with Crippen LogP contribution in [0.25, 0.3) is 0 Å². The van der Waals surface area contributed by atoms with E-state index >= 15 is 0 Å². The summed E-state index contributed by atoms with van der Waals surface area (Å²) in [6, 6.07) is 5.08. The highest BCUT2D eigenvalue weighted by Crippen LogP contribution is 2.20. The monoisotopic (exact) mass is 182 g/mol. The van der Waals surface area contributed by atoms with Gasteiger partial charge in [-0.1, -0.05) is 0 Å². The largest absolute Gasteiger partial charge is 0.508 e. The molecule has 3 nitrogen and oxygen atoms in total. The number of ether oxygens (including phenoxy) is 2. The van der Waals surface area contributed by atoms with Crippen LogP contribution in [0.4, 0.5) is 0 Å². The number of aromatic hydroxyl groups is 1. The number of aryl methyl sites for hydroxylation is 1. The van der Waals surface area contributed by atoms with Crippen LogP contribution in [0, 0.1) is 6.92 Å². The van der Waals surface area contributed by atoms with Gasteiger partial charge in [0.2, 0.25) is 0 Å². The molecule has 0 fully saturated rings. The van der Waals surface area contributed by atoms with Gasteiger partial charge in [-0.3, -0.25) is 0 Å². The fourth-order valence-corrected chi connectivity index (χ4v) is 1.00. The smallest absolute Gasteiger partial charge is 0.189 e. The normalized spacial score (nSPS) is 10.0. The van der Waals surface area contributed by atoms with E-state index in [2.05, 4.69) is 0 Å². The van der Waals surface area contributed by atoms with Crippen LogP contribution in [-0.4, -0.2) is 18.5 Å². The third-order valence-corrected chi connectivity index (χ3v) is 1.55. The maximum atomic E-state index is 9.23. The second-order valence-electron chi connectivity index (χ2n) is 2.76. The Balaban J connectivity index is 2.56. The summed E-state index contributed by atoms with van der Waals surface area (Å²) in [4.78, 5) is 0. The standard InChI is InChI=1S/C10H14O3/c1-3-12-7-13-10-5-8(2)4-9(11)6-10/h4-6,11H,3,7H2,1-2H3. The lowest BCUT2D eigenvalue weighted by Gasteiger charge is -2.06. The van der Waals surface area contributed by atoms with Crippen molar-refractivity contribution in [3.8, 4) is 11.5 Å². The van der Waals surface area contributed by atoms with Crippen molar-refractivity contribution in [3.63, 3.8) is 0 Å². The topological polar surface area (TPSA) is 38.7 Å². The number of rotatable bonds is 4. The molecular formula is C10H14O3. The minimum absolute atomic E-state index is 0.214. The number of benzene rings is 1. The van der Waals surface area contributed by atoms with Gasteiger partial charge < -0.3 is 14.6 Å². The fourth-order valence-electron chi connectivity index (χ4n) is 1.00. The van der Waals surface area contributed by atoms with Gasteiger partial charge in [0.1, 0.15) is 11.5 Å². The van der Waals surface area contributed by atoms with E-state index in [-0.39, 0.29) is 12.5 Å². The molecule has 0 amide bonds. The number of hydrogen-bond acceptors (Lipinski definition) is 3. The molecule has 0 heterocycles. The predicted octanol–water partition coefficient (Wildman–Crippen LogP) is 2.07. The lowest BCUT2D eigenvalue weighted by Crippen LogP contribution is -2.01. The first kappa shape index (κ1) is 9.86. The van der Waals surface area contributed by atoms with E-state index in [4.69, 9.17) is 9.47 Å². The van der Waals surface area contributed by atoms with Gasteiger partial charge in [-0.25, -0.2) is 0 Å². The zero-order chi connectivity index (χ0) is 9.68. The molecule has 13 heavy (non-hydrogen) atoms. The van der Waals surface area contributed by atoms with Crippen LogP contribution in [0.15, 0.2) is 18.2 Å². The molecule has 0 atom stereocenters. The van der Waals surface area contributed by atoms with Gasteiger partial charge >= 0.3 is 0 Å². The fraction of sp³-hybridized carbons (Fsp3) is 0.400. The summed E-state index contributed by atoms with van der Waals surface area (Å²) in [5, 5.41) is 9.23. The molecule has 0 radical (unpaired) electrons. The van der Waals surface area contributed by atoms with Gasteiger partial charge in [0, 0.05) is 12.7 Å². The molecule has 0 aliphatic carbocycles. The second-order valence-corrected chi connectivity index (χ2v) is 2.76. The average molecular weight is 182 g/mol. The molecular weight excluding hydrogens is 168 g/mol. The molecule has 0 aliphatic heterocycles. The van der Waals surface area contributed by atoms with Gasteiger partial charge in [0.15, 0.2) is 6.79 Å². The Hall–Kier alpha value is -1.22. The van der Waals surface area contributed by atoms with Crippen molar-refractivity contribution in [3.05, 3.63) is 23.8 Å². The van der Waals surface area contributed by atoms with E-state index in [1.165, 1.54) is 0 Å². The number of phenolic OH excluding ortho intramolecular Hbond substituents is 1. The van der Waals surface area contributed by atoms with Crippen molar-refractivity contribution in [1.82, 2.24) is 0 Å². The molecule has 0 saturated heterocycles. The summed E-state index contributed by atoms with van der Waals surface area (Å²) < 4.78 is 10.2. The van der Waals surface area contributed by atoms with E-state index in [0.29, 0.717) is 12.4 Å². The zero-order valence-electron chi connectivity index (χ0n) is 7.91. The minimum Gasteiger partial charge on any atom is -0.508 e. The molecule has 0 aromatic heterocycles. The lowest BCUT2D eigenvalue weighted by molar-refractivity contribution is 0.0223. The number of phenols is 1. The molecule has 3 heteroatoms. The van der Waals surface area contributed by atoms with Gasteiger partial charge in [-0.05, 0) is 31.5 Å². The highest BCUT2D eigenvalue weighted by atomic mass is 16.7. The first-order chi connectivity index (χ1) is 6.22. The maximum Gasteiger partial charge on any atom is 0.189 e. The van der Waals surface area contributed by atoms with Gasteiger partial charge in [0.25, 0.3) is 0 Å². The third-order valence-electron chi connectivity index (χ3n) is 1.55. The van der Waals surface area contributed by atoms with E-state index < -0.39 is 0 Å². The van der Waals surface area contributed by atoms with E-state index in [1.807, 2.05) is 19.9 Å². The van der Waals surface area contributed by atoms with Crippen LogP contribution in [0.2, 0.25) is 0 Å². The van der Waals surface area contributed by atoms with E-state index in [1.54, 1.807) is 12.1 Å². The van der Waals surface area contributed by atoms with Crippen molar-refractivity contribution in [2.24, 2.45) is 0 Å². The van der Waals surface area contributed by atoms with Crippen molar-refractivity contribution in [1.29, 1.82) is 0 Å². The van der Waals surface area contributed by atoms with Gasteiger partial charge in [-0.2, -0.15) is 0 Å². The SMILES string of the molecule is CCOCOc1cc(C)cc(O)c1. The van der Waals surface area contributed by atoms with Crippen molar-refractivity contribution >= 4 is 0 Å². The zero-order valence-corrected chi connectivity index (χ0v) is 7.91. The highest BCUT2D eigenvalue weighted by Gasteiger charge is 1.97. The van der Waals surface area contributed by atoms with Crippen molar-refractivity contribution < 1.29 is 14.6 Å². The second kappa shape index (κ2) is 4.72. The van der Waals surface area contributed by atoms with Crippen molar-refractivity contribution in [2.75, 3.05) is 13.4 Å². The molecule has 0 saturated carbocycles. The Morgan fingerprint density at radius 2 is 2.08 bits per heavy atom. The number of hydrogen-bond donors (Lipinski definition) is 1. The summed E-state index contributed by atoms with van der Waals surface area (Å²) in [7, 11) is 0. The first-order valence-electron chi connectivity index (χ1n) is 4.23. The van der Waals surface area contributed by atoms with Crippen molar-refractivity contribution in [2.45, 2.75) is 13.8 Å². The van der Waals surface area contributed by atoms with Gasteiger partial charge in [-0.15, -0.1) is 0 Å². The highest BCUT2D eigenvalue weighted by molar-refractivity contribution is 5.36. The summed E-state index contributed by atoms with van der Waals surface area (Å²) >= 11 is 0. The molecule has 0 unspecified atom stereocenters. The average Bonchev–Trinajstić information content (AvgIpc) is 2.03. The molecule has 0 bridgehead atoms. The van der Waals surface area contributed by atoms with Crippen LogP contribution >= 0.6 is 0 Å². The predicted molar refractivity (Wildman–Crippen MR) is 50.0 cm³/mol.